The van der Waals surface area contributed by atoms with Crippen molar-refractivity contribution in [2.24, 2.45) is 5.92 Å². The molecule has 1 aromatic rings. The maximum absolute atomic E-state index is 12.8. The molecule has 1 aliphatic carbocycles. The number of carboxylic acid groups (broad SMARTS) is 1. The van der Waals surface area contributed by atoms with E-state index in [1.807, 2.05) is 0 Å². The largest absolute Gasteiger partial charge is 0.480 e. The molecule has 1 fully saturated rings. The van der Waals surface area contributed by atoms with Gasteiger partial charge in [0, 0.05) is 37.2 Å². The van der Waals surface area contributed by atoms with Crippen LogP contribution in [0.2, 0.25) is 0 Å². The van der Waals surface area contributed by atoms with Crippen LogP contribution in [0.3, 0.4) is 0 Å². The lowest BCUT2D eigenvalue weighted by molar-refractivity contribution is -0.141. The van der Waals surface area contributed by atoms with E-state index < -0.39 is 17.9 Å². The Morgan fingerprint density at radius 2 is 1.96 bits per heavy atom. The molecule has 1 aliphatic rings. The number of rotatable bonds is 8. The van der Waals surface area contributed by atoms with Crippen LogP contribution in [0, 0.1) is 5.92 Å². The first-order chi connectivity index (χ1) is 12.3. The first kappa shape index (κ1) is 19.4. The highest BCUT2D eigenvalue weighted by Crippen LogP contribution is 2.30. The molecule has 1 aromatic carbocycles. The number of benzene rings is 1. The first-order valence-corrected chi connectivity index (χ1v) is 8.48. The molecule has 3 amide bonds. The first-order valence-electron chi connectivity index (χ1n) is 8.48. The summed E-state index contributed by atoms with van der Waals surface area (Å²) in [5, 5.41) is 14.6. The topological polar surface area (TPSA) is 116 Å². The van der Waals surface area contributed by atoms with Crippen molar-refractivity contribution in [3.63, 3.8) is 0 Å². The molecule has 1 atom stereocenters. The number of anilines is 1. The molecule has 8 heteroatoms. The Labute approximate surface area is 151 Å². The number of hydrogen-bond donors (Lipinski definition) is 3. The standard InChI is InChI=1S/C18H23N3O5/c1-11(18(25)26)21(9-8-19-12(2)22)17(24)14-4-3-5-15(10-14)20-16(23)13-6-7-13/h3-5,10-11,13H,6-9H2,1-2H3,(H,19,22)(H,20,23)(H,25,26). The minimum Gasteiger partial charge on any atom is -0.480 e. The number of aliphatic carboxylic acids is 1. The average molecular weight is 361 g/mol. The van der Waals surface area contributed by atoms with E-state index >= 15 is 0 Å². The van der Waals surface area contributed by atoms with Gasteiger partial charge < -0.3 is 20.6 Å². The van der Waals surface area contributed by atoms with Crippen LogP contribution in [0.1, 0.15) is 37.0 Å². The van der Waals surface area contributed by atoms with E-state index in [-0.39, 0.29) is 36.4 Å². The SMILES string of the molecule is CC(=O)NCCN(C(=O)c1cccc(NC(=O)C2CC2)c1)C(C)C(=O)O. The fraction of sp³-hybridized carbons (Fsp3) is 0.444. The van der Waals surface area contributed by atoms with Crippen LogP contribution in [0.5, 0.6) is 0 Å². The molecule has 0 spiro atoms. The molecule has 0 heterocycles. The smallest absolute Gasteiger partial charge is 0.326 e. The molecule has 3 N–H and O–H groups in total. The lowest BCUT2D eigenvalue weighted by atomic mass is 10.1. The molecule has 140 valence electrons. The van der Waals surface area contributed by atoms with Gasteiger partial charge in [-0.1, -0.05) is 6.07 Å². The Balaban J connectivity index is 2.13. The van der Waals surface area contributed by atoms with E-state index in [1.54, 1.807) is 18.2 Å². The van der Waals surface area contributed by atoms with Crippen molar-refractivity contribution in [3.8, 4) is 0 Å². The number of hydrogen-bond acceptors (Lipinski definition) is 4. The van der Waals surface area contributed by atoms with Crippen molar-refractivity contribution >= 4 is 29.4 Å². The van der Waals surface area contributed by atoms with E-state index in [4.69, 9.17) is 0 Å². The molecule has 0 aliphatic heterocycles. The maximum Gasteiger partial charge on any atom is 0.326 e. The third kappa shape index (κ3) is 5.30. The van der Waals surface area contributed by atoms with Gasteiger partial charge in [-0.2, -0.15) is 0 Å². The fourth-order valence-electron chi connectivity index (χ4n) is 2.44. The Morgan fingerprint density at radius 3 is 2.54 bits per heavy atom. The Morgan fingerprint density at radius 1 is 1.27 bits per heavy atom. The summed E-state index contributed by atoms with van der Waals surface area (Å²) in [4.78, 5) is 48.2. The predicted molar refractivity (Wildman–Crippen MR) is 94.6 cm³/mol. The van der Waals surface area contributed by atoms with E-state index in [2.05, 4.69) is 10.6 Å². The van der Waals surface area contributed by atoms with Crippen LogP contribution in [0.25, 0.3) is 0 Å². The van der Waals surface area contributed by atoms with Gasteiger partial charge in [0.1, 0.15) is 6.04 Å². The lowest BCUT2D eigenvalue weighted by Crippen LogP contribution is -2.46. The molecule has 1 unspecified atom stereocenters. The molecule has 0 bridgehead atoms. The quantitative estimate of drug-likeness (QED) is 0.641. The van der Waals surface area contributed by atoms with Crippen LogP contribution in [0.15, 0.2) is 24.3 Å². The summed E-state index contributed by atoms with van der Waals surface area (Å²) in [6.07, 6.45) is 1.75. The second-order valence-electron chi connectivity index (χ2n) is 6.34. The zero-order chi connectivity index (χ0) is 19.3. The van der Waals surface area contributed by atoms with Gasteiger partial charge in [0.05, 0.1) is 0 Å². The Kier molecular flexibility index (Phi) is 6.32. The summed E-state index contributed by atoms with van der Waals surface area (Å²) in [6.45, 7) is 2.97. The van der Waals surface area contributed by atoms with Gasteiger partial charge in [-0.15, -0.1) is 0 Å². The molecule has 1 saturated carbocycles. The van der Waals surface area contributed by atoms with Crippen LogP contribution >= 0.6 is 0 Å². The van der Waals surface area contributed by atoms with Gasteiger partial charge in [0.2, 0.25) is 11.8 Å². The van der Waals surface area contributed by atoms with Crippen molar-refractivity contribution in [3.05, 3.63) is 29.8 Å². The fourth-order valence-corrected chi connectivity index (χ4v) is 2.44. The van der Waals surface area contributed by atoms with Crippen molar-refractivity contribution in [2.45, 2.75) is 32.7 Å². The predicted octanol–water partition coefficient (Wildman–Crippen LogP) is 1.09. The van der Waals surface area contributed by atoms with Crippen molar-refractivity contribution in [1.82, 2.24) is 10.2 Å². The lowest BCUT2D eigenvalue weighted by Gasteiger charge is -2.27. The molecule has 26 heavy (non-hydrogen) atoms. The molecular weight excluding hydrogens is 338 g/mol. The van der Waals surface area contributed by atoms with Crippen LogP contribution < -0.4 is 10.6 Å². The third-order valence-corrected chi connectivity index (χ3v) is 4.14. The average Bonchev–Trinajstić information content (AvgIpc) is 3.42. The highest BCUT2D eigenvalue weighted by molar-refractivity contribution is 5.99. The zero-order valence-corrected chi connectivity index (χ0v) is 14.8. The summed E-state index contributed by atoms with van der Waals surface area (Å²) >= 11 is 0. The molecule has 0 saturated heterocycles. The molecule has 0 radical (unpaired) electrons. The zero-order valence-electron chi connectivity index (χ0n) is 14.8. The molecule has 2 rings (SSSR count). The number of carboxylic acids is 1. The summed E-state index contributed by atoms with van der Waals surface area (Å²) in [6, 6.07) is 5.35. The van der Waals surface area contributed by atoms with E-state index in [0.29, 0.717) is 5.69 Å². The van der Waals surface area contributed by atoms with Gasteiger partial charge in [0.25, 0.3) is 5.91 Å². The second kappa shape index (κ2) is 8.46. The van der Waals surface area contributed by atoms with Gasteiger partial charge in [-0.3, -0.25) is 14.4 Å². The number of amides is 3. The van der Waals surface area contributed by atoms with Gasteiger partial charge in [-0.05, 0) is 38.0 Å². The monoisotopic (exact) mass is 361 g/mol. The van der Waals surface area contributed by atoms with Gasteiger partial charge in [0.15, 0.2) is 0 Å². The summed E-state index contributed by atoms with van der Waals surface area (Å²) in [5.41, 5.74) is 0.770. The van der Waals surface area contributed by atoms with Crippen molar-refractivity contribution in [2.75, 3.05) is 18.4 Å². The van der Waals surface area contributed by atoms with Crippen LogP contribution in [-0.2, 0) is 14.4 Å². The second-order valence-corrected chi connectivity index (χ2v) is 6.34. The maximum atomic E-state index is 12.8. The molecular formula is C18H23N3O5. The molecule has 8 nitrogen and oxygen atoms in total. The number of nitrogens with one attached hydrogen (secondary N) is 2. The normalized spacial score (nSPS) is 14.2. The summed E-state index contributed by atoms with van der Waals surface area (Å²) in [5.74, 6) is -1.91. The number of carbonyl (C=O) groups is 4. The minimum atomic E-state index is -1.14. The van der Waals surface area contributed by atoms with E-state index in [9.17, 15) is 24.3 Å². The highest BCUT2D eigenvalue weighted by atomic mass is 16.4. The van der Waals surface area contributed by atoms with Crippen molar-refractivity contribution in [1.29, 1.82) is 0 Å². The third-order valence-electron chi connectivity index (χ3n) is 4.14. The van der Waals surface area contributed by atoms with E-state index in [1.165, 1.54) is 24.8 Å². The molecule has 0 aromatic heterocycles. The van der Waals surface area contributed by atoms with E-state index in [0.717, 1.165) is 12.8 Å². The Hall–Kier alpha value is -2.90. The van der Waals surface area contributed by atoms with Crippen molar-refractivity contribution < 1.29 is 24.3 Å². The summed E-state index contributed by atoms with van der Waals surface area (Å²) in [7, 11) is 0. The summed E-state index contributed by atoms with van der Waals surface area (Å²) < 4.78 is 0. The highest BCUT2D eigenvalue weighted by Gasteiger charge is 2.30. The minimum absolute atomic E-state index is 0.0375. The number of nitrogens with zero attached hydrogens (tertiary/aromatic N) is 1. The van der Waals surface area contributed by atoms with Crippen LogP contribution in [0.4, 0.5) is 5.69 Å². The Bertz CT molecular complexity index is 715. The number of carbonyl (C=O) groups excluding carboxylic acids is 3. The van der Waals surface area contributed by atoms with Gasteiger partial charge >= 0.3 is 5.97 Å². The van der Waals surface area contributed by atoms with Gasteiger partial charge in [-0.25, -0.2) is 4.79 Å². The van der Waals surface area contributed by atoms with Crippen LogP contribution in [-0.4, -0.2) is 52.8 Å².